The van der Waals surface area contributed by atoms with Gasteiger partial charge in [-0.25, -0.2) is 4.99 Å². The standard InChI is InChI=1S/C20H15N3O3/c1-13(24)26-20-19-21-17(25)11-12-23(19)16-10-6-5-9-15(16)18(22-20)14-7-3-2-4-8-14/h2-12,20H,1H3. The number of benzene rings is 2. The zero-order valence-electron chi connectivity index (χ0n) is 14.0. The molecule has 2 aromatic carbocycles. The third-order valence-electron chi connectivity index (χ3n) is 4.05. The molecule has 1 aliphatic rings. The lowest BCUT2D eigenvalue weighted by molar-refractivity contribution is -0.146. The van der Waals surface area contributed by atoms with Gasteiger partial charge in [0.05, 0.1) is 11.4 Å². The molecular weight excluding hydrogens is 330 g/mol. The Hall–Kier alpha value is -3.54. The lowest BCUT2D eigenvalue weighted by Gasteiger charge is -2.15. The molecule has 4 rings (SSSR count). The number of aliphatic imine (C=N–C) groups is 1. The molecule has 128 valence electrons. The van der Waals surface area contributed by atoms with E-state index in [1.807, 2.05) is 54.6 Å². The van der Waals surface area contributed by atoms with Gasteiger partial charge < -0.3 is 4.74 Å². The van der Waals surface area contributed by atoms with Gasteiger partial charge in [0.2, 0.25) is 0 Å². The highest BCUT2D eigenvalue weighted by Gasteiger charge is 2.27. The summed E-state index contributed by atoms with van der Waals surface area (Å²) in [5, 5.41) is 0. The molecule has 0 saturated carbocycles. The highest BCUT2D eigenvalue weighted by atomic mass is 16.6. The average Bonchev–Trinajstić information content (AvgIpc) is 2.77. The van der Waals surface area contributed by atoms with Crippen LogP contribution in [-0.2, 0) is 9.53 Å². The third kappa shape index (κ3) is 2.82. The summed E-state index contributed by atoms with van der Waals surface area (Å²) in [5.41, 5.74) is 2.81. The van der Waals surface area contributed by atoms with E-state index in [2.05, 4.69) is 9.98 Å². The largest absolute Gasteiger partial charge is 0.432 e. The van der Waals surface area contributed by atoms with Crippen molar-refractivity contribution in [3.63, 3.8) is 0 Å². The van der Waals surface area contributed by atoms with Crippen molar-refractivity contribution in [3.8, 4) is 5.69 Å². The third-order valence-corrected chi connectivity index (χ3v) is 4.05. The first-order chi connectivity index (χ1) is 12.6. The molecule has 0 saturated heterocycles. The molecule has 0 bridgehead atoms. The molecular formula is C20H15N3O3. The highest BCUT2D eigenvalue weighted by molar-refractivity contribution is 6.15. The van der Waals surface area contributed by atoms with Gasteiger partial charge in [-0.3, -0.25) is 14.2 Å². The lowest BCUT2D eigenvalue weighted by atomic mass is 10.0. The van der Waals surface area contributed by atoms with Crippen LogP contribution in [0.4, 0.5) is 0 Å². The van der Waals surface area contributed by atoms with Crippen LogP contribution in [0.3, 0.4) is 0 Å². The van der Waals surface area contributed by atoms with Crippen LogP contribution in [0.5, 0.6) is 0 Å². The number of para-hydroxylation sites is 1. The minimum absolute atomic E-state index is 0.270. The molecule has 3 aromatic rings. The molecule has 0 spiro atoms. The Balaban J connectivity index is 2.04. The van der Waals surface area contributed by atoms with E-state index < -0.39 is 17.8 Å². The minimum Gasteiger partial charge on any atom is -0.432 e. The number of hydrogen-bond acceptors (Lipinski definition) is 5. The van der Waals surface area contributed by atoms with Gasteiger partial charge in [0.15, 0.2) is 5.82 Å². The number of carbonyl (C=O) groups is 1. The van der Waals surface area contributed by atoms with Crippen LogP contribution < -0.4 is 5.56 Å². The van der Waals surface area contributed by atoms with E-state index in [0.29, 0.717) is 5.71 Å². The monoisotopic (exact) mass is 345 g/mol. The summed E-state index contributed by atoms with van der Waals surface area (Å²) >= 11 is 0. The summed E-state index contributed by atoms with van der Waals surface area (Å²) in [4.78, 5) is 32.2. The van der Waals surface area contributed by atoms with Gasteiger partial charge in [-0.1, -0.05) is 48.5 Å². The summed E-state index contributed by atoms with van der Waals surface area (Å²) in [7, 11) is 0. The fourth-order valence-electron chi connectivity index (χ4n) is 2.99. The molecule has 0 radical (unpaired) electrons. The van der Waals surface area contributed by atoms with Crippen molar-refractivity contribution >= 4 is 11.7 Å². The number of esters is 1. The Morgan fingerprint density at radius 3 is 2.54 bits per heavy atom. The summed E-state index contributed by atoms with van der Waals surface area (Å²) in [6.07, 6.45) is 0.618. The second kappa shape index (κ2) is 6.40. The maximum absolute atomic E-state index is 11.8. The van der Waals surface area contributed by atoms with Gasteiger partial charge in [0.25, 0.3) is 11.8 Å². The van der Waals surface area contributed by atoms with Crippen molar-refractivity contribution in [1.82, 2.24) is 9.55 Å². The minimum atomic E-state index is -1.01. The summed E-state index contributed by atoms with van der Waals surface area (Å²) < 4.78 is 7.13. The normalized spacial score (nSPS) is 15.3. The first kappa shape index (κ1) is 16.0. The van der Waals surface area contributed by atoms with Crippen molar-refractivity contribution in [2.75, 3.05) is 0 Å². The van der Waals surface area contributed by atoms with Gasteiger partial charge in [0.1, 0.15) is 0 Å². The van der Waals surface area contributed by atoms with Gasteiger partial charge in [-0.15, -0.1) is 0 Å². The number of carbonyl (C=O) groups excluding carboxylic acids is 1. The molecule has 0 amide bonds. The predicted molar refractivity (Wildman–Crippen MR) is 96.4 cm³/mol. The van der Waals surface area contributed by atoms with E-state index >= 15 is 0 Å². The van der Waals surface area contributed by atoms with E-state index in [9.17, 15) is 9.59 Å². The molecule has 1 aromatic heterocycles. The van der Waals surface area contributed by atoms with E-state index in [1.54, 1.807) is 10.8 Å². The molecule has 1 atom stereocenters. The number of nitrogens with zero attached hydrogens (tertiary/aromatic N) is 3. The second-order valence-corrected chi connectivity index (χ2v) is 5.82. The fourth-order valence-corrected chi connectivity index (χ4v) is 2.99. The van der Waals surface area contributed by atoms with E-state index in [4.69, 9.17) is 4.74 Å². The Morgan fingerprint density at radius 1 is 1.04 bits per heavy atom. The second-order valence-electron chi connectivity index (χ2n) is 5.82. The molecule has 26 heavy (non-hydrogen) atoms. The van der Waals surface area contributed by atoms with Gasteiger partial charge in [-0.05, 0) is 6.07 Å². The molecule has 1 aliphatic heterocycles. The van der Waals surface area contributed by atoms with Crippen LogP contribution in [0.15, 0.2) is 76.6 Å². The van der Waals surface area contributed by atoms with Crippen LogP contribution in [-0.4, -0.2) is 21.2 Å². The summed E-state index contributed by atoms with van der Waals surface area (Å²) in [6.45, 7) is 1.31. The van der Waals surface area contributed by atoms with Crippen molar-refractivity contribution in [2.24, 2.45) is 4.99 Å². The molecule has 0 fully saturated rings. The van der Waals surface area contributed by atoms with E-state index in [1.165, 1.54) is 13.0 Å². The Labute approximate surface area is 149 Å². The summed E-state index contributed by atoms with van der Waals surface area (Å²) in [6, 6.07) is 18.7. The predicted octanol–water partition coefficient (Wildman–Crippen LogP) is 2.65. The van der Waals surface area contributed by atoms with Crippen molar-refractivity contribution in [1.29, 1.82) is 0 Å². The van der Waals surface area contributed by atoms with Crippen LogP contribution in [0.1, 0.15) is 30.1 Å². The number of rotatable bonds is 2. The van der Waals surface area contributed by atoms with E-state index in [0.717, 1.165) is 16.8 Å². The Morgan fingerprint density at radius 2 is 1.77 bits per heavy atom. The van der Waals surface area contributed by atoms with Crippen LogP contribution in [0.25, 0.3) is 5.69 Å². The van der Waals surface area contributed by atoms with Crippen LogP contribution in [0, 0.1) is 0 Å². The van der Waals surface area contributed by atoms with Crippen molar-refractivity contribution < 1.29 is 9.53 Å². The molecule has 0 aliphatic carbocycles. The average molecular weight is 345 g/mol. The molecule has 2 heterocycles. The zero-order chi connectivity index (χ0) is 18.1. The Bertz CT molecular complexity index is 1070. The van der Waals surface area contributed by atoms with Crippen LogP contribution >= 0.6 is 0 Å². The molecule has 1 unspecified atom stereocenters. The summed E-state index contributed by atoms with van der Waals surface area (Å²) in [5.74, 6) is -0.229. The maximum atomic E-state index is 11.8. The van der Waals surface area contributed by atoms with Gasteiger partial charge in [0, 0.05) is 30.3 Å². The quantitative estimate of drug-likeness (QED) is 0.669. The van der Waals surface area contributed by atoms with Gasteiger partial charge in [-0.2, -0.15) is 4.98 Å². The highest BCUT2D eigenvalue weighted by Crippen LogP contribution is 2.29. The first-order valence-electron chi connectivity index (χ1n) is 8.13. The smallest absolute Gasteiger partial charge is 0.304 e. The van der Waals surface area contributed by atoms with E-state index in [-0.39, 0.29) is 5.82 Å². The first-order valence-corrected chi connectivity index (χ1v) is 8.13. The lowest BCUT2D eigenvalue weighted by Crippen LogP contribution is -2.19. The van der Waals surface area contributed by atoms with Crippen molar-refractivity contribution in [2.45, 2.75) is 13.2 Å². The molecule has 6 heteroatoms. The molecule has 0 N–H and O–H groups in total. The zero-order valence-corrected chi connectivity index (χ0v) is 14.0. The number of hydrogen-bond donors (Lipinski definition) is 0. The van der Waals surface area contributed by atoms with Crippen LogP contribution in [0.2, 0.25) is 0 Å². The number of ether oxygens (including phenoxy) is 1. The van der Waals surface area contributed by atoms with Gasteiger partial charge >= 0.3 is 5.97 Å². The SMILES string of the molecule is CC(=O)OC1N=C(c2ccccc2)c2ccccc2-n2ccc(=O)nc21. The van der Waals surface area contributed by atoms with Crippen molar-refractivity contribution in [3.05, 3.63) is 94.2 Å². The number of fused-ring (bicyclic) bond motifs is 3. The topological polar surface area (TPSA) is 73.5 Å². The maximum Gasteiger partial charge on any atom is 0.304 e. The number of aromatic nitrogens is 2. The molecule has 6 nitrogen and oxygen atoms in total. The fraction of sp³-hybridized carbons (Fsp3) is 0.100. The Kier molecular flexibility index (Phi) is 3.93.